The van der Waals surface area contributed by atoms with Gasteiger partial charge >= 0.3 is 0 Å². The predicted molar refractivity (Wildman–Crippen MR) is 105 cm³/mol. The van der Waals surface area contributed by atoms with Gasteiger partial charge in [0.25, 0.3) is 0 Å². The molecule has 25 heavy (non-hydrogen) atoms. The summed E-state index contributed by atoms with van der Waals surface area (Å²) in [6, 6.07) is 30.0. The molecule has 3 heteroatoms. The second-order valence-corrected chi connectivity index (χ2v) is 7.25. The molecule has 2 nitrogen and oxygen atoms in total. The van der Waals surface area contributed by atoms with Gasteiger partial charge in [0.2, 0.25) is 5.91 Å². The van der Waals surface area contributed by atoms with E-state index in [0.717, 1.165) is 16.0 Å². The molecule has 0 aliphatic rings. The van der Waals surface area contributed by atoms with Crippen LogP contribution >= 0.6 is 11.8 Å². The van der Waals surface area contributed by atoms with Crippen LogP contribution in [0.15, 0.2) is 95.9 Å². The molecule has 0 heterocycles. The van der Waals surface area contributed by atoms with Gasteiger partial charge in [-0.2, -0.15) is 0 Å². The first-order chi connectivity index (χ1) is 12.2. The Balaban J connectivity index is 1.77. The van der Waals surface area contributed by atoms with Gasteiger partial charge in [0.15, 0.2) is 0 Å². The number of hydrogen-bond acceptors (Lipinski definition) is 2. The van der Waals surface area contributed by atoms with Crippen LogP contribution in [0.4, 0.5) is 0 Å². The van der Waals surface area contributed by atoms with Gasteiger partial charge in [-0.25, -0.2) is 0 Å². The van der Waals surface area contributed by atoms with Crippen molar-refractivity contribution < 1.29 is 4.79 Å². The van der Waals surface area contributed by atoms with Crippen molar-refractivity contribution >= 4 is 17.7 Å². The van der Waals surface area contributed by atoms with E-state index in [2.05, 4.69) is 5.32 Å². The minimum atomic E-state index is -0.169. The summed E-state index contributed by atoms with van der Waals surface area (Å²) < 4.78 is 0. The van der Waals surface area contributed by atoms with Gasteiger partial charge in [0.05, 0.1) is 11.3 Å². The highest BCUT2D eigenvalue weighted by Crippen LogP contribution is 2.26. The lowest BCUT2D eigenvalue weighted by Gasteiger charge is -2.22. The van der Waals surface area contributed by atoms with Crippen molar-refractivity contribution in [2.75, 3.05) is 0 Å². The molecule has 0 fully saturated rings. The molecule has 0 aliphatic heterocycles. The van der Waals surface area contributed by atoms with E-state index in [-0.39, 0.29) is 17.2 Å². The maximum Gasteiger partial charge on any atom is 0.233 e. The third kappa shape index (κ3) is 4.74. The normalized spacial score (nSPS) is 11.9. The molecule has 0 bridgehead atoms. The number of hydrogen-bond donors (Lipinski definition) is 1. The second kappa shape index (κ2) is 8.54. The van der Waals surface area contributed by atoms with Gasteiger partial charge in [-0.15, -0.1) is 11.8 Å². The minimum absolute atomic E-state index is 0.0339. The molecular formula is C22H21NOS. The number of benzene rings is 3. The fourth-order valence-corrected chi connectivity index (χ4v) is 3.56. The molecule has 0 radical (unpaired) electrons. The standard InChI is InChI=1S/C22H21NOS/c1-17(25-20-15-9-4-10-16-20)22(24)23-21(18-11-5-2-6-12-18)19-13-7-3-8-14-19/h2-17,21H,1H3,(H,23,24)/t17-/m1/s1. The summed E-state index contributed by atoms with van der Waals surface area (Å²) >= 11 is 1.57. The SMILES string of the molecule is C[C@@H](Sc1ccccc1)C(=O)NC(c1ccccc1)c1ccccc1. The van der Waals surface area contributed by atoms with E-state index >= 15 is 0 Å². The smallest absolute Gasteiger partial charge is 0.233 e. The second-order valence-electron chi connectivity index (χ2n) is 5.84. The first-order valence-corrected chi connectivity index (χ1v) is 9.24. The summed E-state index contributed by atoms with van der Waals surface area (Å²) in [5.41, 5.74) is 2.16. The fraction of sp³-hybridized carbons (Fsp3) is 0.136. The number of carbonyl (C=O) groups is 1. The molecule has 0 unspecified atom stereocenters. The first kappa shape index (κ1) is 17.3. The van der Waals surface area contributed by atoms with Gasteiger partial charge in [-0.3, -0.25) is 4.79 Å². The van der Waals surface area contributed by atoms with E-state index in [1.54, 1.807) is 11.8 Å². The zero-order chi connectivity index (χ0) is 17.5. The van der Waals surface area contributed by atoms with Crippen LogP contribution in [0.5, 0.6) is 0 Å². The zero-order valence-electron chi connectivity index (χ0n) is 14.1. The van der Waals surface area contributed by atoms with Crippen molar-refractivity contribution in [2.45, 2.75) is 23.1 Å². The van der Waals surface area contributed by atoms with E-state index in [1.165, 1.54) is 0 Å². The zero-order valence-corrected chi connectivity index (χ0v) is 14.9. The Hall–Kier alpha value is -2.52. The van der Waals surface area contributed by atoms with Crippen LogP contribution in [0.1, 0.15) is 24.1 Å². The van der Waals surface area contributed by atoms with Crippen molar-refractivity contribution in [2.24, 2.45) is 0 Å². The van der Waals surface area contributed by atoms with Gasteiger partial charge in [-0.1, -0.05) is 78.9 Å². The molecule has 3 aromatic rings. The van der Waals surface area contributed by atoms with Gasteiger partial charge < -0.3 is 5.32 Å². The average molecular weight is 347 g/mol. The Morgan fingerprint density at radius 3 is 1.68 bits per heavy atom. The number of carbonyl (C=O) groups excluding carboxylic acids is 1. The van der Waals surface area contributed by atoms with Gasteiger partial charge in [-0.05, 0) is 30.2 Å². The molecule has 0 aromatic heterocycles. The highest BCUT2D eigenvalue weighted by atomic mass is 32.2. The number of amides is 1. The van der Waals surface area contributed by atoms with Crippen LogP contribution in [0, 0.1) is 0 Å². The van der Waals surface area contributed by atoms with E-state index in [1.807, 2.05) is 97.9 Å². The van der Waals surface area contributed by atoms with Crippen LogP contribution in [-0.2, 0) is 4.79 Å². The van der Waals surface area contributed by atoms with Crippen molar-refractivity contribution in [3.63, 3.8) is 0 Å². The van der Waals surface area contributed by atoms with Crippen LogP contribution < -0.4 is 5.32 Å². The van der Waals surface area contributed by atoms with Crippen molar-refractivity contribution in [3.8, 4) is 0 Å². The van der Waals surface area contributed by atoms with E-state index < -0.39 is 0 Å². The van der Waals surface area contributed by atoms with Gasteiger partial charge in [0.1, 0.15) is 0 Å². The molecule has 126 valence electrons. The van der Waals surface area contributed by atoms with Crippen LogP contribution in [-0.4, -0.2) is 11.2 Å². The summed E-state index contributed by atoms with van der Waals surface area (Å²) in [5.74, 6) is 0.0339. The first-order valence-electron chi connectivity index (χ1n) is 8.36. The van der Waals surface area contributed by atoms with E-state index in [9.17, 15) is 4.79 Å². The predicted octanol–water partition coefficient (Wildman–Crippen LogP) is 5.07. The Morgan fingerprint density at radius 1 is 0.760 bits per heavy atom. The Morgan fingerprint density at radius 2 is 1.20 bits per heavy atom. The molecule has 3 aromatic carbocycles. The number of nitrogens with one attached hydrogen (secondary N) is 1. The lowest BCUT2D eigenvalue weighted by atomic mass is 9.98. The summed E-state index contributed by atoms with van der Waals surface area (Å²) in [7, 11) is 0. The number of rotatable bonds is 6. The molecule has 0 saturated heterocycles. The summed E-state index contributed by atoms with van der Waals surface area (Å²) in [6.45, 7) is 1.94. The molecular weight excluding hydrogens is 326 g/mol. The monoisotopic (exact) mass is 347 g/mol. The maximum absolute atomic E-state index is 12.8. The third-order valence-electron chi connectivity index (χ3n) is 3.98. The molecule has 0 saturated carbocycles. The fourth-order valence-electron chi connectivity index (χ4n) is 2.67. The molecule has 1 atom stereocenters. The van der Waals surface area contributed by atoms with Gasteiger partial charge in [0, 0.05) is 4.90 Å². The highest BCUT2D eigenvalue weighted by Gasteiger charge is 2.21. The minimum Gasteiger partial charge on any atom is -0.344 e. The number of thioether (sulfide) groups is 1. The summed E-state index contributed by atoms with van der Waals surface area (Å²) in [6.07, 6.45) is 0. The van der Waals surface area contributed by atoms with Crippen LogP contribution in [0.2, 0.25) is 0 Å². The van der Waals surface area contributed by atoms with Crippen LogP contribution in [0.3, 0.4) is 0 Å². The molecule has 0 aliphatic carbocycles. The summed E-state index contributed by atoms with van der Waals surface area (Å²) in [4.78, 5) is 13.9. The van der Waals surface area contributed by atoms with E-state index in [4.69, 9.17) is 0 Å². The van der Waals surface area contributed by atoms with Crippen molar-refractivity contribution in [3.05, 3.63) is 102 Å². The van der Waals surface area contributed by atoms with E-state index in [0.29, 0.717) is 0 Å². The topological polar surface area (TPSA) is 29.1 Å². The molecule has 1 amide bonds. The lowest BCUT2D eigenvalue weighted by molar-refractivity contribution is -0.120. The van der Waals surface area contributed by atoms with Crippen LogP contribution in [0.25, 0.3) is 0 Å². The van der Waals surface area contributed by atoms with Crippen molar-refractivity contribution in [1.82, 2.24) is 5.32 Å². The highest BCUT2D eigenvalue weighted by molar-refractivity contribution is 8.00. The van der Waals surface area contributed by atoms with Crippen molar-refractivity contribution in [1.29, 1.82) is 0 Å². The third-order valence-corrected chi connectivity index (χ3v) is 5.09. The Labute approximate surface area is 153 Å². The summed E-state index contributed by atoms with van der Waals surface area (Å²) in [5, 5.41) is 3.04. The lowest BCUT2D eigenvalue weighted by Crippen LogP contribution is -2.34. The largest absolute Gasteiger partial charge is 0.344 e. The molecule has 0 spiro atoms. The average Bonchev–Trinajstić information content (AvgIpc) is 2.68. The molecule has 1 N–H and O–H groups in total. The Bertz CT molecular complexity index is 751. The quantitative estimate of drug-likeness (QED) is 0.631. The molecule has 3 rings (SSSR count). The maximum atomic E-state index is 12.8. The Kier molecular flexibility index (Phi) is 5.91.